The molecule has 0 atom stereocenters. The van der Waals surface area contributed by atoms with Gasteiger partial charge in [-0.25, -0.2) is 15.8 Å². The number of hydrogen-bond acceptors (Lipinski definition) is 6. The third-order valence-electron chi connectivity index (χ3n) is 3.18. The summed E-state index contributed by atoms with van der Waals surface area (Å²) < 4.78 is 5.28. The minimum Gasteiger partial charge on any atom is -0.490 e. The van der Waals surface area contributed by atoms with Crippen LogP contribution < -0.4 is 21.3 Å². The number of anilines is 2. The van der Waals surface area contributed by atoms with E-state index in [0.717, 1.165) is 0 Å². The van der Waals surface area contributed by atoms with Crippen molar-refractivity contribution in [1.29, 1.82) is 0 Å². The molecular weight excluding hydrogens is 218 g/mol. The second-order valence-corrected chi connectivity index (χ2v) is 4.87. The zero-order chi connectivity index (χ0) is 12.5. The number of hydrogen-bond donors (Lipinski definition) is 3. The van der Waals surface area contributed by atoms with Crippen molar-refractivity contribution >= 4 is 11.6 Å². The SMILES string of the molecule is COc1c(NN)ncnc1NC(C)(C)C1CC1. The van der Waals surface area contributed by atoms with Gasteiger partial charge < -0.3 is 15.5 Å². The van der Waals surface area contributed by atoms with Gasteiger partial charge in [0.05, 0.1) is 7.11 Å². The Hall–Kier alpha value is -1.56. The number of aromatic nitrogens is 2. The highest BCUT2D eigenvalue weighted by atomic mass is 16.5. The van der Waals surface area contributed by atoms with E-state index in [4.69, 9.17) is 10.6 Å². The first-order chi connectivity index (χ1) is 8.08. The summed E-state index contributed by atoms with van der Waals surface area (Å²) in [6, 6.07) is 0. The van der Waals surface area contributed by atoms with Crippen LogP contribution in [0.4, 0.5) is 11.6 Å². The fourth-order valence-electron chi connectivity index (χ4n) is 1.97. The molecule has 0 aliphatic heterocycles. The van der Waals surface area contributed by atoms with Crippen LogP contribution in [0.2, 0.25) is 0 Å². The van der Waals surface area contributed by atoms with Gasteiger partial charge in [0.25, 0.3) is 0 Å². The van der Waals surface area contributed by atoms with E-state index >= 15 is 0 Å². The van der Waals surface area contributed by atoms with Gasteiger partial charge in [-0.05, 0) is 32.6 Å². The van der Waals surface area contributed by atoms with Crippen LogP contribution in [0.25, 0.3) is 0 Å². The van der Waals surface area contributed by atoms with E-state index in [9.17, 15) is 0 Å². The maximum atomic E-state index is 5.38. The standard InChI is InChI=1S/C11H19N5O/c1-11(2,7-4-5-7)15-9-8(17-3)10(16-12)14-6-13-9/h6-7H,4-5,12H2,1-3H3,(H2,13,14,15,16). The van der Waals surface area contributed by atoms with Crippen molar-refractivity contribution < 1.29 is 4.74 Å². The van der Waals surface area contributed by atoms with Crippen LogP contribution in [0.15, 0.2) is 6.33 Å². The molecule has 1 aliphatic rings. The third kappa shape index (κ3) is 2.41. The Morgan fingerprint density at radius 3 is 2.53 bits per heavy atom. The summed E-state index contributed by atoms with van der Waals surface area (Å²) in [6.07, 6.45) is 3.98. The number of nitrogens with one attached hydrogen (secondary N) is 2. The fourth-order valence-corrected chi connectivity index (χ4v) is 1.97. The van der Waals surface area contributed by atoms with Crippen molar-refractivity contribution in [1.82, 2.24) is 9.97 Å². The summed E-state index contributed by atoms with van der Waals surface area (Å²) in [6.45, 7) is 4.34. The Kier molecular flexibility index (Phi) is 3.06. The molecule has 0 bridgehead atoms. The monoisotopic (exact) mass is 237 g/mol. The molecule has 1 saturated carbocycles. The molecule has 0 amide bonds. The normalized spacial score (nSPS) is 15.5. The summed E-state index contributed by atoms with van der Waals surface area (Å²) in [4.78, 5) is 8.22. The van der Waals surface area contributed by atoms with Gasteiger partial charge in [0.1, 0.15) is 6.33 Å². The maximum Gasteiger partial charge on any atom is 0.205 e. The van der Waals surface area contributed by atoms with Crippen LogP contribution in [0.5, 0.6) is 5.75 Å². The van der Waals surface area contributed by atoms with E-state index in [1.807, 2.05) is 0 Å². The molecule has 1 aromatic heterocycles. The largest absolute Gasteiger partial charge is 0.490 e. The van der Waals surface area contributed by atoms with Crippen molar-refractivity contribution in [2.24, 2.45) is 11.8 Å². The summed E-state index contributed by atoms with van der Waals surface area (Å²) in [5.74, 6) is 7.78. The number of rotatable bonds is 5. The predicted octanol–water partition coefficient (Wildman–Crippen LogP) is 1.37. The second kappa shape index (κ2) is 4.37. The Morgan fingerprint density at radius 2 is 2.00 bits per heavy atom. The van der Waals surface area contributed by atoms with E-state index < -0.39 is 0 Å². The molecule has 1 aromatic rings. The molecule has 1 aliphatic carbocycles. The molecule has 0 unspecified atom stereocenters. The topological polar surface area (TPSA) is 85.1 Å². The van der Waals surface area contributed by atoms with Crippen molar-refractivity contribution in [2.75, 3.05) is 17.9 Å². The lowest BCUT2D eigenvalue weighted by molar-refractivity contribution is 0.410. The first-order valence-electron chi connectivity index (χ1n) is 5.72. The molecule has 2 rings (SSSR count). The Balaban J connectivity index is 2.25. The number of hydrazine groups is 1. The van der Waals surface area contributed by atoms with Crippen LogP contribution in [-0.4, -0.2) is 22.6 Å². The number of methoxy groups -OCH3 is 1. The predicted molar refractivity (Wildman–Crippen MR) is 66.8 cm³/mol. The first kappa shape index (κ1) is 11.9. The number of nitrogens with two attached hydrogens (primary N) is 1. The van der Waals surface area contributed by atoms with Crippen molar-refractivity contribution in [3.63, 3.8) is 0 Å². The maximum absolute atomic E-state index is 5.38. The van der Waals surface area contributed by atoms with Crippen LogP contribution in [0, 0.1) is 5.92 Å². The fraction of sp³-hybridized carbons (Fsp3) is 0.636. The Bertz CT molecular complexity index is 403. The van der Waals surface area contributed by atoms with Gasteiger partial charge >= 0.3 is 0 Å². The summed E-state index contributed by atoms with van der Waals surface area (Å²) >= 11 is 0. The van der Waals surface area contributed by atoms with Crippen molar-refractivity contribution in [2.45, 2.75) is 32.2 Å². The average molecular weight is 237 g/mol. The highest BCUT2D eigenvalue weighted by molar-refractivity contribution is 5.63. The molecule has 94 valence electrons. The van der Waals surface area contributed by atoms with E-state index in [2.05, 4.69) is 34.6 Å². The van der Waals surface area contributed by atoms with Crippen LogP contribution in [-0.2, 0) is 0 Å². The molecule has 0 radical (unpaired) electrons. The smallest absolute Gasteiger partial charge is 0.205 e. The van der Waals surface area contributed by atoms with Gasteiger partial charge in [-0.2, -0.15) is 0 Å². The lowest BCUT2D eigenvalue weighted by atomic mass is 9.99. The highest BCUT2D eigenvalue weighted by Crippen LogP contribution is 2.42. The van der Waals surface area contributed by atoms with Gasteiger partial charge in [-0.1, -0.05) is 0 Å². The molecule has 0 aromatic carbocycles. The summed E-state index contributed by atoms with van der Waals surface area (Å²) in [5.41, 5.74) is 2.51. The third-order valence-corrected chi connectivity index (χ3v) is 3.18. The second-order valence-electron chi connectivity index (χ2n) is 4.87. The zero-order valence-electron chi connectivity index (χ0n) is 10.4. The average Bonchev–Trinajstić information content (AvgIpc) is 3.12. The van der Waals surface area contributed by atoms with E-state index in [1.54, 1.807) is 7.11 Å². The van der Waals surface area contributed by atoms with E-state index in [0.29, 0.717) is 23.3 Å². The molecule has 1 heterocycles. The quantitative estimate of drug-likeness (QED) is 0.530. The van der Waals surface area contributed by atoms with Gasteiger partial charge in [0.2, 0.25) is 5.75 Å². The number of nitrogen functional groups attached to an aromatic ring is 1. The highest BCUT2D eigenvalue weighted by Gasteiger charge is 2.38. The minimum absolute atomic E-state index is 0.00744. The molecular formula is C11H19N5O. The minimum atomic E-state index is 0.00744. The molecule has 4 N–H and O–H groups in total. The van der Waals surface area contributed by atoms with E-state index in [1.165, 1.54) is 19.2 Å². The van der Waals surface area contributed by atoms with Crippen LogP contribution in [0.1, 0.15) is 26.7 Å². The molecule has 6 heteroatoms. The van der Waals surface area contributed by atoms with E-state index in [-0.39, 0.29) is 5.54 Å². The van der Waals surface area contributed by atoms with Gasteiger partial charge in [-0.15, -0.1) is 0 Å². The Morgan fingerprint density at radius 1 is 1.35 bits per heavy atom. The first-order valence-corrected chi connectivity index (χ1v) is 5.72. The lowest BCUT2D eigenvalue weighted by Crippen LogP contribution is -2.34. The van der Waals surface area contributed by atoms with Crippen molar-refractivity contribution in [3.05, 3.63) is 6.33 Å². The number of nitrogens with zero attached hydrogens (tertiary/aromatic N) is 2. The molecule has 6 nitrogen and oxygen atoms in total. The van der Waals surface area contributed by atoms with Gasteiger partial charge in [0, 0.05) is 5.54 Å². The van der Waals surface area contributed by atoms with Crippen LogP contribution in [0.3, 0.4) is 0 Å². The molecule has 0 spiro atoms. The number of ether oxygens (including phenoxy) is 1. The summed E-state index contributed by atoms with van der Waals surface area (Å²) in [7, 11) is 1.58. The lowest BCUT2D eigenvalue weighted by Gasteiger charge is -2.27. The van der Waals surface area contributed by atoms with Crippen molar-refractivity contribution in [3.8, 4) is 5.75 Å². The molecule has 17 heavy (non-hydrogen) atoms. The van der Waals surface area contributed by atoms with Crippen LogP contribution >= 0.6 is 0 Å². The Labute approximate surface area is 101 Å². The summed E-state index contributed by atoms with van der Waals surface area (Å²) in [5, 5.41) is 3.40. The van der Waals surface area contributed by atoms with Gasteiger partial charge in [0.15, 0.2) is 11.6 Å². The molecule has 0 saturated heterocycles. The van der Waals surface area contributed by atoms with Gasteiger partial charge in [-0.3, -0.25) is 0 Å². The zero-order valence-corrected chi connectivity index (χ0v) is 10.4. The molecule has 1 fully saturated rings.